The van der Waals surface area contributed by atoms with Gasteiger partial charge in [-0.25, -0.2) is 4.79 Å². The second kappa shape index (κ2) is 11.7. The van der Waals surface area contributed by atoms with E-state index in [2.05, 4.69) is 17.6 Å². The molecule has 1 rings (SSSR count). The topological polar surface area (TPSA) is 68.8 Å². The summed E-state index contributed by atoms with van der Waals surface area (Å²) < 4.78 is 16.2. The molecule has 130 valence electrons. The van der Waals surface area contributed by atoms with Crippen molar-refractivity contribution in [2.45, 2.75) is 39.9 Å². The van der Waals surface area contributed by atoms with E-state index in [-0.39, 0.29) is 12.8 Å². The number of benzene rings is 1. The van der Waals surface area contributed by atoms with Gasteiger partial charge < -0.3 is 24.8 Å². The van der Waals surface area contributed by atoms with E-state index in [1.807, 2.05) is 38.1 Å². The van der Waals surface area contributed by atoms with E-state index in [0.717, 1.165) is 18.6 Å². The molecule has 1 aromatic rings. The number of carbonyl (C=O) groups is 1. The zero-order chi connectivity index (χ0) is 16.9. The summed E-state index contributed by atoms with van der Waals surface area (Å²) in [5.74, 6) is 0.728. The third-order valence-electron chi connectivity index (χ3n) is 3.07. The van der Waals surface area contributed by atoms with Crippen LogP contribution < -0.4 is 15.4 Å². The van der Waals surface area contributed by atoms with Crippen LogP contribution in [-0.4, -0.2) is 38.8 Å². The highest BCUT2D eigenvalue weighted by atomic mass is 16.7. The fraction of sp³-hybridized carbons (Fsp3) is 0.588. The van der Waals surface area contributed by atoms with Crippen molar-refractivity contribution in [3.8, 4) is 5.75 Å². The average Bonchev–Trinajstić information content (AvgIpc) is 2.55. The van der Waals surface area contributed by atoms with Gasteiger partial charge in [0.2, 0.25) is 0 Å². The largest absolute Gasteiger partial charge is 0.473 e. The van der Waals surface area contributed by atoms with Gasteiger partial charge in [0, 0.05) is 13.2 Å². The van der Waals surface area contributed by atoms with E-state index < -0.39 is 6.29 Å². The molecule has 0 bridgehead atoms. The van der Waals surface area contributed by atoms with Crippen molar-refractivity contribution in [2.75, 3.05) is 26.5 Å². The van der Waals surface area contributed by atoms with Gasteiger partial charge in [0.1, 0.15) is 5.75 Å². The van der Waals surface area contributed by atoms with Crippen LogP contribution in [0.4, 0.5) is 4.79 Å². The maximum absolute atomic E-state index is 11.7. The quantitative estimate of drug-likeness (QED) is 0.614. The summed E-state index contributed by atoms with van der Waals surface area (Å²) in [4.78, 5) is 11.7. The first-order valence-electron chi connectivity index (χ1n) is 8.16. The van der Waals surface area contributed by atoms with E-state index in [1.54, 1.807) is 0 Å². The molecule has 0 aromatic heterocycles. The number of amides is 2. The minimum atomic E-state index is -0.428. The summed E-state index contributed by atoms with van der Waals surface area (Å²) in [6, 6.07) is 7.56. The SMILES string of the molecule is CCCc1ccc(OCNC(=O)NCC(OCC)OCC)cc1. The van der Waals surface area contributed by atoms with Crippen LogP contribution in [0, 0.1) is 0 Å². The third-order valence-corrected chi connectivity index (χ3v) is 3.07. The molecular weight excluding hydrogens is 296 g/mol. The van der Waals surface area contributed by atoms with E-state index in [1.165, 1.54) is 5.56 Å². The van der Waals surface area contributed by atoms with E-state index >= 15 is 0 Å². The molecule has 0 saturated carbocycles. The molecule has 0 saturated heterocycles. The number of hydrogen-bond acceptors (Lipinski definition) is 4. The summed E-state index contributed by atoms with van der Waals surface area (Å²) in [5, 5.41) is 5.31. The minimum absolute atomic E-state index is 0.104. The lowest BCUT2D eigenvalue weighted by molar-refractivity contribution is -0.131. The first kappa shape index (κ1) is 19.3. The molecule has 2 N–H and O–H groups in total. The molecule has 0 heterocycles. The van der Waals surface area contributed by atoms with Gasteiger partial charge in [0.15, 0.2) is 13.0 Å². The summed E-state index contributed by atoms with van der Waals surface area (Å²) in [7, 11) is 0. The van der Waals surface area contributed by atoms with Crippen molar-refractivity contribution in [3.05, 3.63) is 29.8 Å². The molecule has 0 aliphatic rings. The lowest BCUT2D eigenvalue weighted by atomic mass is 10.1. The number of aryl methyl sites for hydroxylation is 1. The smallest absolute Gasteiger partial charge is 0.317 e. The summed E-state index contributed by atoms with van der Waals surface area (Å²) in [5.41, 5.74) is 1.28. The summed E-state index contributed by atoms with van der Waals surface area (Å²) >= 11 is 0. The highest BCUT2D eigenvalue weighted by Gasteiger charge is 2.09. The van der Waals surface area contributed by atoms with Crippen molar-refractivity contribution in [2.24, 2.45) is 0 Å². The number of hydrogen-bond donors (Lipinski definition) is 2. The van der Waals surface area contributed by atoms with Gasteiger partial charge in [0.05, 0.1) is 6.54 Å². The molecule has 0 radical (unpaired) electrons. The van der Waals surface area contributed by atoms with Gasteiger partial charge >= 0.3 is 6.03 Å². The van der Waals surface area contributed by atoms with E-state index in [0.29, 0.717) is 19.8 Å². The van der Waals surface area contributed by atoms with E-state index in [4.69, 9.17) is 14.2 Å². The fourth-order valence-corrected chi connectivity index (χ4v) is 2.00. The molecule has 0 fully saturated rings. The second-order valence-electron chi connectivity index (χ2n) is 4.91. The number of rotatable bonds is 11. The Labute approximate surface area is 138 Å². The third kappa shape index (κ3) is 8.42. The number of carbonyl (C=O) groups excluding carboxylic acids is 1. The zero-order valence-electron chi connectivity index (χ0n) is 14.3. The molecule has 6 heteroatoms. The van der Waals surface area contributed by atoms with Gasteiger partial charge in [-0.2, -0.15) is 0 Å². The molecule has 0 aliphatic heterocycles. The maximum Gasteiger partial charge on any atom is 0.317 e. The summed E-state index contributed by atoms with van der Waals surface area (Å²) in [6.45, 7) is 7.37. The van der Waals surface area contributed by atoms with Gasteiger partial charge in [-0.15, -0.1) is 0 Å². The molecule has 0 aliphatic carbocycles. The number of urea groups is 1. The Morgan fingerprint density at radius 1 is 1.04 bits per heavy atom. The predicted molar refractivity (Wildman–Crippen MR) is 89.5 cm³/mol. The molecule has 0 unspecified atom stereocenters. The van der Waals surface area contributed by atoms with Gasteiger partial charge in [-0.3, -0.25) is 0 Å². The highest BCUT2D eigenvalue weighted by Crippen LogP contribution is 2.12. The number of ether oxygens (including phenoxy) is 3. The predicted octanol–water partition coefficient (Wildman–Crippen LogP) is 2.67. The van der Waals surface area contributed by atoms with Crippen LogP contribution in [0.3, 0.4) is 0 Å². The van der Waals surface area contributed by atoms with Crippen molar-refractivity contribution >= 4 is 6.03 Å². The van der Waals surface area contributed by atoms with Gasteiger partial charge in [0.25, 0.3) is 0 Å². The Morgan fingerprint density at radius 2 is 1.70 bits per heavy atom. The molecule has 0 spiro atoms. The molecule has 0 atom stereocenters. The molecule has 6 nitrogen and oxygen atoms in total. The minimum Gasteiger partial charge on any atom is -0.473 e. The normalized spacial score (nSPS) is 10.6. The van der Waals surface area contributed by atoms with Crippen LogP contribution in [0.1, 0.15) is 32.8 Å². The zero-order valence-corrected chi connectivity index (χ0v) is 14.3. The molecule has 23 heavy (non-hydrogen) atoms. The molecule has 2 amide bonds. The molecule has 1 aromatic carbocycles. The van der Waals surface area contributed by atoms with Crippen LogP contribution in [0.25, 0.3) is 0 Å². The van der Waals surface area contributed by atoms with Crippen LogP contribution in [-0.2, 0) is 15.9 Å². The maximum atomic E-state index is 11.7. The average molecular weight is 324 g/mol. The first-order chi connectivity index (χ1) is 11.2. The fourth-order valence-electron chi connectivity index (χ4n) is 2.00. The Bertz CT molecular complexity index is 431. The highest BCUT2D eigenvalue weighted by molar-refractivity contribution is 5.73. The van der Waals surface area contributed by atoms with Crippen molar-refractivity contribution in [1.82, 2.24) is 10.6 Å². The Morgan fingerprint density at radius 3 is 2.26 bits per heavy atom. The standard InChI is InChI=1S/C17H28N2O4/c1-4-7-14-8-10-15(11-9-14)23-13-19-17(20)18-12-16(21-5-2)22-6-3/h8-11,16H,4-7,12-13H2,1-3H3,(H2,18,19,20). The van der Waals surface area contributed by atoms with Crippen molar-refractivity contribution in [1.29, 1.82) is 0 Å². The van der Waals surface area contributed by atoms with Crippen molar-refractivity contribution in [3.63, 3.8) is 0 Å². The Kier molecular flexibility index (Phi) is 9.83. The van der Waals surface area contributed by atoms with E-state index in [9.17, 15) is 4.79 Å². The summed E-state index contributed by atoms with van der Waals surface area (Å²) in [6.07, 6.45) is 1.75. The van der Waals surface area contributed by atoms with Crippen LogP contribution in [0.15, 0.2) is 24.3 Å². The Hall–Kier alpha value is -1.79. The van der Waals surface area contributed by atoms with Gasteiger partial charge in [-0.05, 0) is 38.0 Å². The van der Waals surface area contributed by atoms with Crippen LogP contribution in [0.2, 0.25) is 0 Å². The lowest BCUT2D eigenvalue weighted by Gasteiger charge is -2.17. The first-order valence-corrected chi connectivity index (χ1v) is 8.16. The van der Waals surface area contributed by atoms with Gasteiger partial charge in [-0.1, -0.05) is 25.5 Å². The van der Waals surface area contributed by atoms with Crippen LogP contribution in [0.5, 0.6) is 5.75 Å². The lowest BCUT2D eigenvalue weighted by Crippen LogP contribution is -2.42. The molecular formula is C17H28N2O4. The van der Waals surface area contributed by atoms with Crippen molar-refractivity contribution < 1.29 is 19.0 Å². The van der Waals surface area contributed by atoms with Crippen LogP contribution >= 0.6 is 0 Å². The second-order valence-corrected chi connectivity index (χ2v) is 4.91. The monoisotopic (exact) mass is 324 g/mol. The Balaban J connectivity index is 2.22. The number of nitrogens with one attached hydrogen (secondary N) is 2.